The number of H-pyrrole nitrogens is 1. The van der Waals surface area contributed by atoms with Crippen molar-refractivity contribution >= 4 is 11.6 Å². The van der Waals surface area contributed by atoms with Gasteiger partial charge in [-0.15, -0.1) is 0 Å². The summed E-state index contributed by atoms with van der Waals surface area (Å²) in [5.74, 6) is 0.0873. The molecular weight excluding hydrogens is 280 g/mol. The Kier molecular flexibility index (Phi) is 3.46. The van der Waals surface area contributed by atoms with Crippen molar-refractivity contribution in [2.45, 2.75) is 18.9 Å². The minimum absolute atomic E-state index is 0.142. The van der Waals surface area contributed by atoms with E-state index in [0.717, 1.165) is 12.8 Å². The van der Waals surface area contributed by atoms with Gasteiger partial charge in [-0.3, -0.25) is 4.79 Å². The molecule has 1 unspecified atom stereocenters. The molecule has 104 valence electrons. The van der Waals surface area contributed by atoms with Crippen molar-refractivity contribution in [2.24, 2.45) is 0 Å². The van der Waals surface area contributed by atoms with E-state index in [2.05, 4.69) is 9.97 Å². The molecule has 6 heteroatoms. The number of nitrogens with one attached hydrogen (secondary N) is 1. The fraction of sp³-hybridized carbons (Fsp3) is 0.286. The lowest BCUT2D eigenvalue weighted by Crippen LogP contribution is -2.16. The molecule has 0 saturated carbocycles. The van der Waals surface area contributed by atoms with Crippen LogP contribution in [-0.2, 0) is 4.74 Å². The summed E-state index contributed by atoms with van der Waals surface area (Å²) in [6.07, 6.45) is 1.48. The molecule has 1 aliphatic heterocycles. The van der Waals surface area contributed by atoms with Crippen LogP contribution >= 0.6 is 11.6 Å². The topological polar surface area (TPSA) is 75.2 Å². The van der Waals surface area contributed by atoms with E-state index in [4.69, 9.17) is 16.3 Å². The van der Waals surface area contributed by atoms with Crippen LogP contribution in [0.2, 0.25) is 5.02 Å². The van der Waals surface area contributed by atoms with E-state index in [1.165, 1.54) is 0 Å². The van der Waals surface area contributed by atoms with Gasteiger partial charge < -0.3 is 14.8 Å². The molecule has 2 N–H and O–H groups in total. The lowest BCUT2D eigenvalue weighted by atomic mass is 10.1. The van der Waals surface area contributed by atoms with Gasteiger partial charge in [0.15, 0.2) is 0 Å². The molecule has 0 radical (unpaired) electrons. The Balaban J connectivity index is 2.04. The highest BCUT2D eigenvalue weighted by Gasteiger charge is 2.22. The van der Waals surface area contributed by atoms with Crippen LogP contribution in [0.3, 0.4) is 0 Å². The zero-order valence-electron chi connectivity index (χ0n) is 10.6. The largest absolute Gasteiger partial charge is 0.493 e. The van der Waals surface area contributed by atoms with E-state index < -0.39 is 0 Å². The van der Waals surface area contributed by atoms with Gasteiger partial charge in [0.25, 0.3) is 5.56 Å². The Bertz CT molecular complexity index is 676. The third kappa shape index (κ3) is 2.42. The maximum absolute atomic E-state index is 12.2. The summed E-state index contributed by atoms with van der Waals surface area (Å²) >= 11 is 5.81. The highest BCUT2D eigenvalue weighted by atomic mass is 35.5. The lowest BCUT2D eigenvalue weighted by Gasteiger charge is -2.10. The molecule has 2 aromatic rings. The summed E-state index contributed by atoms with van der Waals surface area (Å²) in [5, 5.41) is 10.6. The summed E-state index contributed by atoms with van der Waals surface area (Å²) in [6, 6.07) is 6.65. The molecule has 1 aromatic heterocycles. The van der Waals surface area contributed by atoms with Crippen molar-refractivity contribution in [3.05, 3.63) is 45.5 Å². The molecule has 1 saturated heterocycles. The van der Waals surface area contributed by atoms with Crippen molar-refractivity contribution in [2.75, 3.05) is 6.61 Å². The molecule has 0 amide bonds. The van der Waals surface area contributed by atoms with Crippen LogP contribution in [0, 0.1) is 0 Å². The Morgan fingerprint density at radius 1 is 1.35 bits per heavy atom. The van der Waals surface area contributed by atoms with Gasteiger partial charge in [0.2, 0.25) is 5.88 Å². The minimum Gasteiger partial charge on any atom is -0.493 e. The Morgan fingerprint density at radius 2 is 2.10 bits per heavy atom. The van der Waals surface area contributed by atoms with Crippen LogP contribution in [0.4, 0.5) is 0 Å². The average molecular weight is 293 g/mol. The van der Waals surface area contributed by atoms with E-state index in [-0.39, 0.29) is 23.1 Å². The van der Waals surface area contributed by atoms with E-state index in [1.54, 1.807) is 24.3 Å². The van der Waals surface area contributed by atoms with Gasteiger partial charge >= 0.3 is 0 Å². The minimum atomic E-state index is -0.384. The molecular formula is C14H13ClN2O3. The zero-order chi connectivity index (χ0) is 14.1. The summed E-state index contributed by atoms with van der Waals surface area (Å²) in [7, 11) is 0. The molecule has 0 bridgehead atoms. The van der Waals surface area contributed by atoms with E-state index in [1.807, 2.05) is 0 Å². The summed E-state index contributed by atoms with van der Waals surface area (Å²) < 4.78 is 5.45. The number of hydrogen-bond acceptors (Lipinski definition) is 4. The molecule has 0 aliphatic carbocycles. The lowest BCUT2D eigenvalue weighted by molar-refractivity contribution is 0.104. The highest BCUT2D eigenvalue weighted by Crippen LogP contribution is 2.29. The van der Waals surface area contributed by atoms with Crippen molar-refractivity contribution in [1.82, 2.24) is 9.97 Å². The fourth-order valence-electron chi connectivity index (χ4n) is 2.30. The van der Waals surface area contributed by atoms with Crippen LogP contribution < -0.4 is 5.56 Å². The maximum atomic E-state index is 12.2. The van der Waals surface area contributed by atoms with Gasteiger partial charge in [0.05, 0.1) is 0 Å². The Hall–Kier alpha value is -1.85. The van der Waals surface area contributed by atoms with Crippen LogP contribution in [0.5, 0.6) is 5.88 Å². The number of rotatable bonds is 2. The second kappa shape index (κ2) is 5.26. The molecule has 1 fully saturated rings. The Labute approximate surface area is 120 Å². The fourth-order valence-corrected chi connectivity index (χ4v) is 2.43. The van der Waals surface area contributed by atoms with Crippen molar-refractivity contribution < 1.29 is 9.84 Å². The SMILES string of the molecule is O=c1[nH]c(C2CCCO2)nc(O)c1-c1ccc(Cl)cc1. The summed E-state index contributed by atoms with van der Waals surface area (Å²) in [4.78, 5) is 18.9. The molecule has 1 aliphatic rings. The number of aromatic hydroxyl groups is 1. The number of aromatic nitrogens is 2. The normalized spacial score (nSPS) is 18.4. The smallest absolute Gasteiger partial charge is 0.262 e. The molecule has 3 rings (SSSR count). The van der Waals surface area contributed by atoms with E-state index in [0.29, 0.717) is 23.0 Å². The molecule has 0 spiro atoms. The molecule has 5 nitrogen and oxygen atoms in total. The highest BCUT2D eigenvalue weighted by molar-refractivity contribution is 6.30. The molecule has 1 aromatic carbocycles. The summed E-state index contributed by atoms with van der Waals surface area (Å²) in [6.45, 7) is 0.647. The first kappa shape index (κ1) is 13.1. The van der Waals surface area contributed by atoms with Crippen molar-refractivity contribution in [3.63, 3.8) is 0 Å². The van der Waals surface area contributed by atoms with Crippen LogP contribution in [0.25, 0.3) is 11.1 Å². The van der Waals surface area contributed by atoms with E-state index in [9.17, 15) is 9.90 Å². The predicted octanol–water partition coefficient (Wildman–Crippen LogP) is 2.65. The van der Waals surface area contributed by atoms with Crippen LogP contribution in [0.1, 0.15) is 24.8 Å². The van der Waals surface area contributed by atoms with Gasteiger partial charge in [-0.1, -0.05) is 23.7 Å². The number of nitrogens with zero attached hydrogens (tertiary/aromatic N) is 1. The number of benzene rings is 1. The number of halogens is 1. The van der Waals surface area contributed by atoms with Crippen molar-refractivity contribution in [1.29, 1.82) is 0 Å². The first-order chi connectivity index (χ1) is 9.65. The number of hydrogen-bond donors (Lipinski definition) is 2. The second-order valence-corrected chi connectivity index (χ2v) is 5.09. The number of ether oxygens (including phenoxy) is 1. The van der Waals surface area contributed by atoms with Crippen molar-refractivity contribution in [3.8, 4) is 17.0 Å². The standard InChI is InChI=1S/C14H13ClN2O3/c15-9-5-3-8(4-6-9)11-13(18)16-12(17-14(11)19)10-2-1-7-20-10/h3-6,10H,1-2,7H2,(H2,16,17,18,19). The van der Waals surface area contributed by atoms with Gasteiger partial charge in [-0.25, -0.2) is 0 Å². The number of aromatic amines is 1. The third-order valence-electron chi connectivity index (χ3n) is 3.29. The Morgan fingerprint density at radius 3 is 2.70 bits per heavy atom. The van der Waals surface area contributed by atoms with Crippen LogP contribution in [0.15, 0.2) is 29.1 Å². The second-order valence-electron chi connectivity index (χ2n) is 4.66. The van der Waals surface area contributed by atoms with Crippen LogP contribution in [-0.4, -0.2) is 21.7 Å². The van der Waals surface area contributed by atoms with Gasteiger partial charge in [-0.05, 0) is 30.5 Å². The molecule has 1 atom stereocenters. The van der Waals surface area contributed by atoms with Gasteiger partial charge in [0.1, 0.15) is 17.5 Å². The average Bonchev–Trinajstić information content (AvgIpc) is 2.94. The zero-order valence-corrected chi connectivity index (χ0v) is 11.4. The third-order valence-corrected chi connectivity index (χ3v) is 3.54. The first-order valence-electron chi connectivity index (χ1n) is 6.36. The van der Waals surface area contributed by atoms with Gasteiger partial charge in [0, 0.05) is 11.6 Å². The summed E-state index contributed by atoms with van der Waals surface area (Å²) in [5.41, 5.74) is 0.327. The predicted molar refractivity (Wildman–Crippen MR) is 74.9 cm³/mol. The van der Waals surface area contributed by atoms with Gasteiger partial charge in [-0.2, -0.15) is 4.98 Å². The maximum Gasteiger partial charge on any atom is 0.262 e. The molecule has 2 heterocycles. The molecule has 20 heavy (non-hydrogen) atoms. The monoisotopic (exact) mass is 292 g/mol. The quantitative estimate of drug-likeness (QED) is 0.892. The first-order valence-corrected chi connectivity index (χ1v) is 6.73. The van der Waals surface area contributed by atoms with E-state index >= 15 is 0 Å².